The first-order valence-electron chi connectivity index (χ1n) is 9.17. The van der Waals surface area contributed by atoms with E-state index in [9.17, 15) is 4.79 Å². The third-order valence-corrected chi connectivity index (χ3v) is 5.51. The average molecular weight is 346 g/mol. The first kappa shape index (κ1) is 16.8. The third kappa shape index (κ3) is 3.52. The van der Waals surface area contributed by atoms with E-state index in [0.717, 1.165) is 44.7 Å². The van der Waals surface area contributed by atoms with Gasteiger partial charge in [0.15, 0.2) is 0 Å². The number of amides is 1. The summed E-state index contributed by atoms with van der Waals surface area (Å²) in [5.74, 6) is 0.936. The second kappa shape index (κ2) is 7.32. The Hall–Kier alpha value is -1.63. The van der Waals surface area contributed by atoms with Crippen molar-refractivity contribution in [3.05, 3.63) is 29.8 Å². The van der Waals surface area contributed by atoms with E-state index >= 15 is 0 Å². The normalized spacial score (nSPS) is 29.6. The van der Waals surface area contributed by atoms with E-state index in [1.165, 1.54) is 5.56 Å². The molecule has 3 aliphatic heterocycles. The Morgan fingerprint density at radius 2 is 2.12 bits per heavy atom. The van der Waals surface area contributed by atoms with Gasteiger partial charge >= 0.3 is 0 Å². The molecule has 25 heavy (non-hydrogen) atoms. The van der Waals surface area contributed by atoms with Crippen LogP contribution < -0.4 is 4.74 Å². The Balaban J connectivity index is 1.47. The van der Waals surface area contributed by atoms with Crippen LogP contribution in [0.2, 0.25) is 0 Å². The van der Waals surface area contributed by atoms with Gasteiger partial charge in [-0.25, -0.2) is 5.06 Å². The number of rotatable bonds is 4. The molecule has 3 heterocycles. The summed E-state index contributed by atoms with van der Waals surface area (Å²) >= 11 is 0. The summed E-state index contributed by atoms with van der Waals surface area (Å²) in [6.07, 6.45) is 2.93. The Morgan fingerprint density at radius 3 is 2.84 bits per heavy atom. The Kier molecular flexibility index (Phi) is 4.92. The van der Waals surface area contributed by atoms with Gasteiger partial charge < -0.3 is 9.47 Å². The fourth-order valence-electron chi connectivity index (χ4n) is 4.20. The molecule has 1 amide bonds. The molecule has 0 N–H and O–H groups in total. The minimum absolute atomic E-state index is 0.0456. The summed E-state index contributed by atoms with van der Waals surface area (Å²) in [4.78, 5) is 20.7. The standard InChI is InChI=1S/C19H26N2O4/c1-23-16-5-3-14(4-6-16)12-20-13-15(11-18-17(20)7-10-24-18)19(22)21-8-2-9-25-21/h3-6,15,17-18H,2,7-13H2,1H3/t15-,17+,18+/m0/s1. The SMILES string of the molecule is COc1ccc(CN2C[C@@H](C(=O)N3CCCO3)C[C@H]3OCC[C@H]32)cc1. The van der Waals surface area contributed by atoms with E-state index in [1.54, 1.807) is 12.2 Å². The van der Waals surface area contributed by atoms with Gasteiger partial charge in [-0.15, -0.1) is 0 Å². The number of likely N-dealkylation sites (tertiary alicyclic amines) is 1. The largest absolute Gasteiger partial charge is 0.497 e. The molecule has 0 saturated carbocycles. The highest BCUT2D eigenvalue weighted by atomic mass is 16.7. The van der Waals surface area contributed by atoms with Crippen LogP contribution in [-0.2, 0) is 20.9 Å². The topological polar surface area (TPSA) is 51.2 Å². The van der Waals surface area contributed by atoms with E-state index < -0.39 is 0 Å². The number of hydroxylamine groups is 2. The van der Waals surface area contributed by atoms with Crippen molar-refractivity contribution in [3.8, 4) is 5.75 Å². The first-order chi connectivity index (χ1) is 12.2. The summed E-state index contributed by atoms with van der Waals surface area (Å²) in [6, 6.07) is 8.58. The van der Waals surface area contributed by atoms with E-state index in [4.69, 9.17) is 14.3 Å². The molecule has 4 rings (SSSR count). The van der Waals surface area contributed by atoms with Gasteiger partial charge in [0.05, 0.1) is 32.3 Å². The second-order valence-electron chi connectivity index (χ2n) is 7.10. The number of piperidine rings is 1. The van der Waals surface area contributed by atoms with Gasteiger partial charge in [0.2, 0.25) is 0 Å². The smallest absolute Gasteiger partial charge is 0.250 e. The Morgan fingerprint density at radius 1 is 1.28 bits per heavy atom. The lowest BCUT2D eigenvalue weighted by atomic mass is 9.89. The zero-order chi connectivity index (χ0) is 17.2. The number of nitrogens with zero attached hydrogens (tertiary/aromatic N) is 2. The lowest BCUT2D eigenvalue weighted by Crippen LogP contribution is -2.52. The number of fused-ring (bicyclic) bond motifs is 1. The number of hydrogen-bond acceptors (Lipinski definition) is 5. The van der Waals surface area contributed by atoms with Crippen molar-refractivity contribution in [2.24, 2.45) is 5.92 Å². The van der Waals surface area contributed by atoms with Crippen LogP contribution in [0.5, 0.6) is 5.75 Å². The van der Waals surface area contributed by atoms with Gasteiger partial charge in [-0.05, 0) is 37.0 Å². The van der Waals surface area contributed by atoms with Crippen molar-refractivity contribution in [1.29, 1.82) is 0 Å². The minimum atomic E-state index is -0.0456. The quantitative estimate of drug-likeness (QED) is 0.833. The molecule has 0 bridgehead atoms. The molecule has 0 radical (unpaired) electrons. The molecule has 1 aromatic rings. The predicted octanol–water partition coefficient (Wildman–Crippen LogP) is 1.84. The van der Waals surface area contributed by atoms with Crippen molar-refractivity contribution >= 4 is 5.91 Å². The fourth-order valence-corrected chi connectivity index (χ4v) is 4.20. The van der Waals surface area contributed by atoms with Crippen molar-refractivity contribution in [1.82, 2.24) is 9.96 Å². The lowest BCUT2D eigenvalue weighted by molar-refractivity contribution is -0.177. The van der Waals surface area contributed by atoms with Gasteiger partial charge in [-0.2, -0.15) is 0 Å². The highest BCUT2D eigenvalue weighted by Gasteiger charge is 2.43. The molecule has 0 aliphatic carbocycles. The van der Waals surface area contributed by atoms with Crippen LogP contribution in [0.25, 0.3) is 0 Å². The van der Waals surface area contributed by atoms with Gasteiger partial charge in [0.25, 0.3) is 5.91 Å². The minimum Gasteiger partial charge on any atom is -0.497 e. The van der Waals surface area contributed by atoms with Gasteiger partial charge in [-0.3, -0.25) is 14.5 Å². The number of benzene rings is 1. The van der Waals surface area contributed by atoms with Crippen LogP contribution in [0.3, 0.4) is 0 Å². The molecule has 3 atom stereocenters. The number of carbonyl (C=O) groups excluding carboxylic acids is 1. The van der Waals surface area contributed by atoms with Crippen molar-refractivity contribution < 1.29 is 19.1 Å². The molecule has 6 nitrogen and oxygen atoms in total. The highest BCUT2D eigenvalue weighted by molar-refractivity contribution is 5.78. The molecule has 6 heteroatoms. The van der Waals surface area contributed by atoms with Gasteiger partial charge in [-0.1, -0.05) is 12.1 Å². The molecule has 0 aromatic heterocycles. The highest BCUT2D eigenvalue weighted by Crippen LogP contribution is 2.33. The molecule has 0 unspecified atom stereocenters. The predicted molar refractivity (Wildman–Crippen MR) is 91.9 cm³/mol. The van der Waals surface area contributed by atoms with Crippen molar-refractivity contribution in [3.63, 3.8) is 0 Å². The molecule has 3 saturated heterocycles. The molecule has 136 valence electrons. The van der Waals surface area contributed by atoms with E-state index in [0.29, 0.717) is 19.2 Å². The molecular weight excluding hydrogens is 320 g/mol. The summed E-state index contributed by atoms with van der Waals surface area (Å²) in [7, 11) is 1.68. The summed E-state index contributed by atoms with van der Waals surface area (Å²) in [6.45, 7) is 3.75. The van der Waals surface area contributed by atoms with E-state index in [-0.39, 0.29) is 17.9 Å². The molecule has 0 spiro atoms. The second-order valence-corrected chi connectivity index (χ2v) is 7.10. The summed E-state index contributed by atoms with van der Waals surface area (Å²) in [5, 5.41) is 1.56. The van der Waals surface area contributed by atoms with E-state index in [2.05, 4.69) is 17.0 Å². The van der Waals surface area contributed by atoms with Gasteiger partial charge in [0, 0.05) is 25.7 Å². The lowest BCUT2D eigenvalue weighted by Gasteiger charge is -2.41. The molecule has 1 aromatic carbocycles. The molecule has 3 fully saturated rings. The number of carbonyl (C=O) groups is 1. The van der Waals surface area contributed by atoms with Crippen molar-refractivity contribution in [2.75, 3.05) is 33.4 Å². The Bertz CT molecular complexity index is 600. The van der Waals surface area contributed by atoms with Crippen LogP contribution in [0.1, 0.15) is 24.8 Å². The average Bonchev–Trinajstić information content (AvgIpc) is 3.33. The van der Waals surface area contributed by atoms with Crippen LogP contribution in [0.4, 0.5) is 0 Å². The van der Waals surface area contributed by atoms with E-state index in [1.807, 2.05) is 12.1 Å². The van der Waals surface area contributed by atoms with Crippen LogP contribution in [0.15, 0.2) is 24.3 Å². The summed E-state index contributed by atoms with van der Waals surface area (Å²) in [5.41, 5.74) is 1.23. The number of hydrogen-bond donors (Lipinski definition) is 0. The number of ether oxygens (including phenoxy) is 2. The maximum absolute atomic E-state index is 12.8. The molecule has 3 aliphatic rings. The monoisotopic (exact) mass is 346 g/mol. The zero-order valence-corrected chi connectivity index (χ0v) is 14.7. The molecular formula is C19H26N2O4. The van der Waals surface area contributed by atoms with Crippen LogP contribution in [0, 0.1) is 5.92 Å². The summed E-state index contributed by atoms with van der Waals surface area (Å²) < 4.78 is 11.2. The number of methoxy groups -OCH3 is 1. The van der Waals surface area contributed by atoms with Crippen LogP contribution in [-0.4, -0.2) is 61.4 Å². The zero-order valence-electron chi connectivity index (χ0n) is 14.7. The van der Waals surface area contributed by atoms with Gasteiger partial charge in [0.1, 0.15) is 5.75 Å². The van der Waals surface area contributed by atoms with Crippen molar-refractivity contribution in [2.45, 2.75) is 38.0 Å². The van der Waals surface area contributed by atoms with Crippen LogP contribution >= 0.6 is 0 Å². The first-order valence-corrected chi connectivity index (χ1v) is 9.17. The Labute approximate surface area is 148 Å². The third-order valence-electron chi connectivity index (χ3n) is 5.51. The maximum Gasteiger partial charge on any atom is 0.250 e. The maximum atomic E-state index is 12.8. The fraction of sp³-hybridized carbons (Fsp3) is 0.632.